The van der Waals surface area contributed by atoms with E-state index in [1.54, 1.807) is 0 Å². The van der Waals surface area contributed by atoms with Gasteiger partial charge in [-0.1, -0.05) is 11.6 Å². The number of halogens is 7. The largest absolute Gasteiger partial charge is 0.434 e. The zero-order valence-corrected chi connectivity index (χ0v) is 10.2. The van der Waals surface area contributed by atoms with Crippen molar-refractivity contribution in [3.8, 4) is 5.75 Å². The van der Waals surface area contributed by atoms with Gasteiger partial charge in [0, 0.05) is 0 Å². The number of hydrogen-bond donors (Lipinski definition) is 0. The van der Waals surface area contributed by atoms with Gasteiger partial charge in [0.1, 0.15) is 5.75 Å². The van der Waals surface area contributed by atoms with Gasteiger partial charge in [0.15, 0.2) is 0 Å². The van der Waals surface area contributed by atoms with Gasteiger partial charge in [0.25, 0.3) is 0 Å². The van der Waals surface area contributed by atoms with Crippen molar-refractivity contribution in [2.45, 2.75) is 12.8 Å². The summed E-state index contributed by atoms with van der Waals surface area (Å²) >= 11 is 6.62. The minimum Gasteiger partial charge on any atom is -0.434 e. The molecule has 1 aromatic rings. The first kappa shape index (κ1) is 13.8. The van der Waals surface area contributed by atoms with E-state index in [1.165, 1.54) is 22.6 Å². The number of hydrogen-bond acceptors (Lipinski definition) is 1. The molecule has 0 saturated carbocycles. The normalized spacial score (nSPS) is 12.0. The molecule has 1 nitrogen and oxygen atoms in total. The van der Waals surface area contributed by atoms with Crippen LogP contribution in [0.2, 0.25) is 5.02 Å². The summed E-state index contributed by atoms with van der Waals surface area (Å²) in [5.41, 5.74) is -1.17. The Hall–Kier alpha value is -0.310. The number of rotatable bonds is 2. The number of ether oxygens (including phenoxy) is 1. The zero-order chi connectivity index (χ0) is 12.5. The van der Waals surface area contributed by atoms with Gasteiger partial charge in [-0.3, -0.25) is 0 Å². The lowest BCUT2D eigenvalue weighted by Crippen LogP contribution is -2.11. The standard InChI is InChI=1S/C8H3ClF5IO/c9-3-1-2-4(16-7(10)11)6(15)5(3)8(12,13)14/h1-2,7H. The molecule has 1 rings (SSSR count). The molecule has 0 aromatic heterocycles. The van der Waals surface area contributed by atoms with Crippen LogP contribution < -0.4 is 4.74 Å². The third kappa shape index (κ3) is 3.09. The first-order valence-electron chi connectivity index (χ1n) is 3.73. The summed E-state index contributed by atoms with van der Waals surface area (Å²) in [6, 6.07) is 1.83. The lowest BCUT2D eigenvalue weighted by atomic mass is 10.2. The number of alkyl halides is 5. The van der Waals surface area contributed by atoms with Crippen LogP contribution in [0.1, 0.15) is 5.56 Å². The van der Waals surface area contributed by atoms with E-state index in [-0.39, 0.29) is 0 Å². The summed E-state index contributed by atoms with van der Waals surface area (Å²) in [5, 5.41) is -0.557. The molecule has 0 aliphatic heterocycles. The second kappa shape index (κ2) is 4.91. The molecule has 16 heavy (non-hydrogen) atoms. The van der Waals surface area contributed by atoms with Crippen molar-refractivity contribution in [1.29, 1.82) is 0 Å². The predicted octanol–water partition coefficient (Wildman–Crippen LogP) is 4.56. The van der Waals surface area contributed by atoms with Crippen molar-refractivity contribution in [3.05, 3.63) is 26.3 Å². The molecule has 0 aliphatic rings. The quantitative estimate of drug-likeness (QED) is 0.546. The lowest BCUT2D eigenvalue weighted by Gasteiger charge is -2.14. The summed E-state index contributed by atoms with van der Waals surface area (Å²) in [4.78, 5) is 0. The smallest absolute Gasteiger partial charge is 0.419 e. The van der Waals surface area contributed by atoms with E-state index in [1.807, 2.05) is 0 Å². The molecule has 0 bridgehead atoms. The van der Waals surface area contributed by atoms with Crippen molar-refractivity contribution >= 4 is 34.2 Å². The van der Waals surface area contributed by atoms with Crippen LogP contribution in [0.15, 0.2) is 12.1 Å². The first-order valence-corrected chi connectivity index (χ1v) is 5.19. The Bertz CT molecular complexity index is 393. The highest BCUT2D eigenvalue weighted by molar-refractivity contribution is 14.1. The van der Waals surface area contributed by atoms with Crippen LogP contribution in [0.25, 0.3) is 0 Å². The van der Waals surface area contributed by atoms with Crippen LogP contribution in [-0.4, -0.2) is 6.61 Å². The maximum Gasteiger partial charge on any atom is 0.419 e. The van der Waals surface area contributed by atoms with Gasteiger partial charge in [0.2, 0.25) is 0 Å². The van der Waals surface area contributed by atoms with Crippen molar-refractivity contribution in [3.63, 3.8) is 0 Å². The van der Waals surface area contributed by atoms with Gasteiger partial charge < -0.3 is 4.74 Å². The van der Waals surface area contributed by atoms with Crippen molar-refractivity contribution in [2.75, 3.05) is 0 Å². The SMILES string of the molecule is FC(F)Oc1ccc(Cl)c(C(F)(F)F)c1I. The van der Waals surface area contributed by atoms with Crippen LogP contribution in [0.4, 0.5) is 22.0 Å². The van der Waals surface area contributed by atoms with Gasteiger partial charge in [-0.05, 0) is 34.7 Å². The summed E-state index contributed by atoms with van der Waals surface area (Å²) in [7, 11) is 0. The second-order valence-corrected chi connectivity index (χ2v) is 4.10. The molecular weight excluding hydrogens is 369 g/mol. The van der Waals surface area contributed by atoms with Crippen LogP contribution in [0.3, 0.4) is 0 Å². The van der Waals surface area contributed by atoms with E-state index < -0.39 is 32.7 Å². The molecule has 0 spiro atoms. The molecule has 90 valence electrons. The maximum atomic E-state index is 12.5. The topological polar surface area (TPSA) is 9.23 Å². The highest BCUT2D eigenvalue weighted by atomic mass is 127. The average Bonchev–Trinajstić information content (AvgIpc) is 2.07. The van der Waals surface area contributed by atoms with Crippen molar-refractivity contribution in [2.24, 2.45) is 0 Å². The van der Waals surface area contributed by atoms with Crippen LogP contribution in [0.5, 0.6) is 5.75 Å². The Morgan fingerprint density at radius 3 is 2.25 bits per heavy atom. The minimum absolute atomic E-state index is 0.488. The summed E-state index contributed by atoms with van der Waals surface area (Å²) in [6.07, 6.45) is -4.71. The van der Waals surface area contributed by atoms with Crippen LogP contribution in [-0.2, 0) is 6.18 Å². The molecule has 1 aromatic carbocycles. The third-order valence-corrected chi connectivity index (χ3v) is 2.94. The molecule has 0 amide bonds. The molecule has 0 heterocycles. The highest BCUT2D eigenvalue weighted by Crippen LogP contribution is 2.41. The molecule has 0 atom stereocenters. The highest BCUT2D eigenvalue weighted by Gasteiger charge is 2.37. The summed E-state index contributed by atoms with van der Waals surface area (Å²) < 4.78 is 64.7. The summed E-state index contributed by atoms with van der Waals surface area (Å²) in [5.74, 6) is -0.549. The van der Waals surface area contributed by atoms with Crippen LogP contribution >= 0.6 is 34.2 Å². The Balaban J connectivity index is 3.28. The van der Waals surface area contributed by atoms with Crippen LogP contribution in [0, 0.1) is 3.57 Å². The van der Waals surface area contributed by atoms with E-state index in [2.05, 4.69) is 4.74 Å². The zero-order valence-electron chi connectivity index (χ0n) is 7.29. The molecule has 0 unspecified atom stereocenters. The molecule has 0 fully saturated rings. The predicted molar refractivity (Wildman–Crippen MR) is 55.8 cm³/mol. The Morgan fingerprint density at radius 2 is 1.81 bits per heavy atom. The van der Waals surface area contributed by atoms with Crippen molar-refractivity contribution in [1.82, 2.24) is 0 Å². The third-order valence-electron chi connectivity index (χ3n) is 1.56. The number of benzene rings is 1. The molecule has 0 N–H and O–H groups in total. The molecule has 0 saturated heterocycles. The second-order valence-electron chi connectivity index (χ2n) is 2.61. The van der Waals surface area contributed by atoms with E-state index >= 15 is 0 Å². The molecule has 0 aliphatic carbocycles. The molecule has 0 radical (unpaired) electrons. The fourth-order valence-corrected chi connectivity index (χ4v) is 2.31. The van der Waals surface area contributed by atoms with Gasteiger partial charge in [-0.25, -0.2) is 0 Å². The summed E-state index contributed by atoms with van der Waals surface area (Å²) in [6.45, 7) is -3.18. The molecular formula is C8H3ClF5IO. The van der Waals surface area contributed by atoms with E-state index in [4.69, 9.17) is 11.6 Å². The van der Waals surface area contributed by atoms with Gasteiger partial charge in [-0.2, -0.15) is 22.0 Å². The fourth-order valence-electron chi connectivity index (χ4n) is 0.980. The fraction of sp³-hybridized carbons (Fsp3) is 0.250. The molecule has 8 heteroatoms. The van der Waals surface area contributed by atoms with E-state index in [0.29, 0.717) is 0 Å². The Morgan fingerprint density at radius 1 is 1.25 bits per heavy atom. The Kier molecular flexibility index (Phi) is 4.22. The van der Waals surface area contributed by atoms with Gasteiger partial charge >= 0.3 is 12.8 Å². The average molecular weight is 372 g/mol. The lowest BCUT2D eigenvalue weighted by molar-refractivity contribution is -0.138. The van der Waals surface area contributed by atoms with E-state index in [0.717, 1.165) is 12.1 Å². The monoisotopic (exact) mass is 372 g/mol. The van der Waals surface area contributed by atoms with E-state index in [9.17, 15) is 22.0 Å². The minimum atomic E-state index is -4.71. The maximum absolute atomic E-state index is 12.5. The van der Waals surface area contributed by atoms with Gasteiger partial charge in [0.05, 0.1) is 14.2 Å². The van der Waals surface area contributed by atoms with Crippen molar-refractivity contribution < 1.29 is 26.7 Å². The Labute approximate surface area is 106 Å². The first-order chi connectivity index (χ1) is 7.23. The van der Waals surface area contributed by atoms with Gasteiger partial charge in [-0.15, -0.1) is 0 Å².